The molecule has 150 valence electrons. The molecule has 1 aliphatic carbocycles. The number of benzene rings is 1. The van der Waals surface area contributed by atoms with Gasteiger partial charge in [0.05, 0.1) is 6.54 Å². The van der Waals surface area contributed by atoms with Crippen molar-refractivity contribution in [1.82, 2.24) is 15.5 Å². The van der Waals surface area contributed by atoms with Crippen molar-refractivity contribution >= 4 is 35.8 Å². The zero-order valence-electron chi connectivity index (χ0n) is 16.4. The van der Waals surface area contributed by atoms with E-state index in [2.05, 4.69) is 22.5 Å². The van der Waals surface area contributed by atoms with E-state index in [-0.39, 0.29) is 29.9 Å². The normalized spacial score (nSPS) is 18.9. The van der Waals surface area contributed by atoms with Crippen LogP contribution in [0.1, 0.15) is 55.8 Å². The summed E-state index contributed by atoms with van der Waals surface area (Å²) in [6.07, 6.45) is 8.20. The monoisotopic (exact) mass is 484 g/mol. The van der Waals surface area contributed by atoms with E-state index in [0.29, 0.717) is 24.1 Å². The third-order valence-corrected chi connectivity index (χ3v) is 5.68. The molecule has 1 aliphatic heterocycles. The molecule has 0 aromatic heterocycles. The van der Waals surface area contributed by atoms with Crippen LogP contribution < -0.4 is 10.6 Å². The Kier molecular flexibility index (Phi) is 8.86. The standard InChI is InChI=1S/C21H32N4O.HI/c1-2-22-20(25-16-13-21(17-25)11-7-4-8-12-21)24-15-14-23-19(26)18-9-5-3-6-10-18;/h3,5-6,9-10H,2,4,7-8,11-17H2,1H3,(H,22,24)(H,23,26);1H. The second kappa shape index (κ2) is 10.9. The Labute approximate surface area is 180 Å². The minimum Gasteiger partial charge on any atom is -0.357 e. The first-order chi connectivity index (χ1) is 12.7. The van der Waals surface area contributed by atoms with Gasteiger partial charge in [-0.15, -0.1) is 24.0 Å². The average molecular weight is 484 g/mol. The molecule has 3 rings (SSSR count). The fraction of sp³-hybridized carbons (Fsp3) is 0.619. The van der Waals surface area contributed by atoms with Crippen LogP contribution in [0.3, 0.4) is 0 Å². The third kappa shape index (κ3) is 6.09. The van der Waals surface area contributed by atoms with Crippen LogP contribution in [-0.2, 0) is 0 Å². The van der Waals surface area contributed by atoms with E-state index in [1.807, 2.05) is 30.3 Å². The van der Waals surface area contributed by atoms with Crippen molar-refractivity contribution < 1.29 is 4.79 Å². The molecule has 27 heavy (non-hydrogen) atoms. The number of carbonyl (C=O) groups excluding carboxylic acids is 1. The van der Waals surface area contributed by atoms with E-state index in [1.54, 1.807) is 0 Å². The smallest absolute Gasteiger partial charge is 0.251 e. The highest BCUT2D eigenvalue weighted by Crippen LogP contribution is 2.43. The lowest BCUT2D eigenvalue weighted by molar-refractivity contribution is 0.0955. The second-order valence-corrected chi connectivity index (χ2v) is 7.59. The van der Waals surface area contributed by atoms with Crippen molar-refractivity contribution in [2.75, 3.05) is 32.7 Å². The first-order valence-electron chi connectivity index (χ1n) is 10.1. The van der Waals surface area contributed by atoms with Gasteiger partial charge in [-0.3, -0.25) is 9.79 Å². The number of nitrogens with one attached hydrogen (secondary N) is 2. The minimum atomic E-state index is -0.0341. The predicted molar refractivity (Wildman–Crippen MR) is 122 cm³/mol. The number of guanidine groups is 1. The molecule has 2 N–H and O–H groups in total. The van der Waals surface area contributed by atoms with Crippen LogP contribution in [0.2, 0.25) is 0 Å². The third-order valence-electron chi connectivity index (χ3n) is 5.68. The van der Waals surface area contributed by atoms with E-state index in [0.717, 1.165) is 25.6 Å². The molecule has 0 bridgehead atoms. The quantitative estimate of drug-likeness (QED) is 0.290. The number of amides is 1. The van der Waals surface area contributed by atoms with Gasteiger partial charge in [-0.1, -0.05) is 37.5 Å². The molecule has 0 radical (unpaired) electrons. The Morgan fingerprint density at radius 1 is 1.11 bits per heavy atom. The highest BCUT2D eigenvalue weighted by molar-refractivity contribution is 14.0. The SMILES string of the molecule is CCNC(=NCCNC(=O)c1ccccc1)N1CCC2(CCCCC2)C1.I. The maximum atomic E-state index is 12.1. The molecule has 1 spiro atoms. The summed E-state index contributed by atoms with van der Waals surface area (Å²) in [6, 6.07) is 9.33. The summed E-state index contributed by atoms with van der Waals surface area (Å²) < 4.78 is 0. The van der Waals surface area contributed by atoms with Crippen LogP contribution in [0.5, 0.6) is 0 Å². The van der Waals surface area contributed by atoms with Crippen LogP contribution in [-0.4, -0.2) is 49.5 Å². The van der Waals surface area contributed by atoms with Gasteiger partial charge in [0.25, 0.3) is 5.91 Å². The Balaban J connectivity index is 0.00000261. The number of aliphatic imine (C=N–C) groups is 1. The Morgan fingerprint density at radius 2 is 1.85 bits per heavy atom. The van der Waals surface area contributed by atoms with Gasteiger partial charge in [0.2, 0.25) is 0 Å². The number of halogens is 1. The van der Waals surface area contributed by atoms with Crippen molar-refractivity contribution in [2.24, 2.45) is 10.4 Å². The summed E-state index contributed by atoms with van der Waals surface area (Å²) in [6.45, 7) is 6.38. The van der Waals surface area contributed by atoms with Gasteiger partial charge < -0.3 is 15.5 Å². The molecule has 2 fully saturated rings. The first-order valence-corrected chi connectivity index (χ1v) is 10.1. The van der Waals surface area contributed by atoms with Gasteiger partial charge in [0, 0.05) is 31.7 Å². The van der Waals surface area contributed by atoms with Crippen LogP contribution in [0, 0.1) is 5.41 Å². The van der Waals surface area contributed by atoms with Gasteiger partial charge in [-0.2, -0.15) is 0 Å². The molecular formula is C21H33IN4O. The lowest BCUT2D eigenvalue weighted by Gasteiger charge is -2.33. The van der Waals surface area contributed by atoms with Crippen LogP contribution in [0.25, 0.3) is 0 Å². The molecule has 1 amide bonds. The maximum Gasteiger partial charge on any atom is 0.251 e. The van der Waals surface area contributed by atoms with Crippen molar-refractivity contribution in [3.05, 3.63) is 35.9 Å². The maximum absolute atomic E-state index is 12.1. The topological polar surface area (TPSA) is 56.7 Å². The highest BCUT2D eigenvalue weighted by Gasteiger charge is 2.39. The van der Waals surface area contributed by atoms with Crippen LogP contribution in [0.4, 0.5) is 0 Å². The molecule has 6 heteroatoms. The number of carbonyl (C=O) groups is 1. The highest BCUT2D eigenvalue weighted by atomic mass is 127. The van der Waals surface area contributed by atoms with E-state index >= 15 is 0 Å². The van der Waals surface area contributed by atoms with Crippen LogP contribution >= 0.6 is 24.0 Å². The van der Waals surface area contributed by atoms with Gasteiger partial charge in [0.1, 0.15) is 0 Å². The number of nitrogens with zero attached hydrogens (tertiary/aromatic N) is 2. The summed E-state index contributed by atoms with van der Waals surface area (Å²) in [5, 5.41) is 6.38. The molecule has 1 heterocycles. The zero-order valence-corrected chi connectivity index (χ0v) is 18.7. The summed E-state index contributed by atoms with van der Waals surface area (Å²) in [4.78, 5) is 19.3. The molecule has 1 saturated carbocycles. The number of hydrogen-bond acceptors (Lipinski definition) is 2. The molecule has 2 aliphatic rings. The molecule has 0 unspecified atom stereocenters. The fourth-order valence-corrected chi connectivity index (χ4v) is 4.27. The largest absolute Gasteiger partial charge is 0.357 e. The minimum absolute atomic E-state index is 0. The van der Waals surface area contributed by atoms with Gasteiger partial charge >= 0.3 is 0 Å². The number of hydrogen-bond donors (Lipinski definition) is 2. The van der Waals surface area contributed by atoms with E-state index < -0.39 is 0 Å². The van der Waals surface area contributed by atoms with Crippen molar-refractivity contribution in [2.45, 2.75) is 45.4 Å². The predicted octanol–water partition coefficient (Wildman–Crippen LogP) is 3.66. The summed E-state index contributed by atoms with van der Waals surface area (Å²) in [5.41, 5.74) is 1.22. The fourth-order valence-electron chi connectivity index (χ4n) is 4.27. The Morgan fingerprint density at radius 3 is 2.56 bits per heavy atom. The van der Waals surface area contributed by atoms with E-state index in [9.17, 15) is 4.79 Å². The van der Waals surface area contributed by atoms with Crippen molar-refractivity contribution in [3.63, 3.8) is 0 Å². The number of likely N-dealkylation sites (tertiary alicyclic amines) is 1. The molecular weight excluding hydrogens is 451 g/mol. The first kappa shape index (κ1) is 22.0. The average Bonchev–Trinajstić information content (AvgIpc) is 3.08. The van der Waals surface area contributed by atoms with E-state index in [1.165, 1.54) is 38.5 Å². The molecule has 1 saturated heterocycles. The molecule has 0 atom stereocenters. The Bertz CT molecular complexity index is 614. The van der Waals surface area contributed by atoms with Crippen LogP contribution in [0.15, 0.2) is 35.3 Å². The molecule has 1 aromatic rings. The summed E-state index contributed by atoms with van der Waals surface area (Å²) >= 11 is 0. The van der Waals surface area contributed by atoms with E-state index in [4.69, 9.17) is 4.99 Å². The summed E-state index contributed by atoms with van der Waals surface area (Å²) in [5.74, 6) is 0.969. The van der Waals surface area contributed by atoms with Gasteiger partial charge in [-0.25, -0.2) is 0 Å². The Hall–Kier alpha value is -1.31. The lowest BCUT2D eigenvalue weighted by atomic mass is 9.73. The number of rotatable bonds is 5. The van der Waals surface area contributed by atoms with Crippen molar-refractivity contribution in [3.8, 4) is 0 Å². The summed E-state index contributed by atoms with van der Waals surface area (Å²) in [7, 11) is 0. The lowest BCUT2D eigenvalue weighted by Crippen LogP contribution is -2.42. The van der Waals surface area contributed by atoms with Gasteiger partial charge in [-0.05, 0) is 43.7 Å². The second-order valence-electron chi connectivity index (χ2n) is 7.59. The van der Waals surface area contributed by atoms with Crippen molar-refractivity contribution in [1.29, 1.82) is 0 Å². The molecule has 5 nitrogen and oxygen atoms in total. The van der Waals surface area contributed by atoms with Gasteiger partial charge in [0.15, 0.2) is 5.96 Å². The zero-order chi connectivity index (χ0) is 18.2. The molecule has 1 aromatic carbocycles.